The predicted octanol–water partition coefficient (Wildman–Crippen LogP) is -0.0395. The van der Waals surface area contributed by atoms with Crippen LogP contribution in [0.15, 0.2) is 12.2 Å². The number of imide groups is 1. The molecule has 13 heteroatoms. The molecule has 226 valence electrons. The van der Waals surface area contributed by atoms with Gasteiger partial charge in [0.2, 0.25) is 5.91 Å². The molecule has 0 fully saturated rings. The van der Waals surface area contributed by atoms with Crippen molar-refractivity contribution in [3.05, 3.63) is 12.2 Å². The zero-order chi connectivity index (χ0) is 28.2. The number of amides is 3. The average molecular weight is 563 g/mol. The Balaban J connectivity index is 1.68. The maximum atomic E-state index is 11.7. The Morgan fingerprint density at radius 3 is 1.28 bits per heavy atom. The molecule has 1 N–H and O–H groups in total. The van der Waals surface area contributed by atoms with Crippen molar-refractivity contribution in [2.45, 2.75) is 19.8 Å². The Bertz CT molecular complexity index is 646. The highest BCUT2D eigenvalue weighted by molar-refractivity contribution is 6.13. The largest absolute Gasteiger partial charge is 0.379 e. The smallest absolute Gasteiger partial charge is 0.253 e. The summed E-state index contributed by atoms with van der Waals surface area (Å²) in [6.45, 7) is 10.6. The molecule has 0 radical (unpaired) electrons. The molecule has 0 aromatic heterocycles. The summed E-state index contributed by atoms with van der Waals surface area (Å²) in [7, 11) is 0. The van der Waals surface area contributed by atoms with Crippen molar-refractivity contribution in [1.82, 2.24) is 10.2 Å². The zero-order valence-corrected chi connectivity index (χ0v) is 23.2. The Morgan fingerprint density at radius 2 is 0.923 bits per heavy atom. The van der Waals surface area contributed by atoms with Crippen LogP contribution in [0.25, 0.3) is 0 Å². The first-order valence-electron chi connectivity index (χ1n) is 13.6. The molecule has 0 atom stereocenters. The van der Waals surface area contributed by atoms with Gasteiger partial charge in [-0.05, 0) is 6.42 Å². The van der Waals surface area contributed by atoms with Crippen LogP contribution in [0.2, 0.25) is 0 Å². The van der Waals surface area contributed by atoms with Gasteiger partial charge in [0.05, 0.1) is 99.1 Å². The molecule has 13 nitrogen and oxygen atoms in total. The highest BCUT2D eigenvalue weighted by Crippen LogP contribution is 2.03. The van der Waals surface area contributed by atoms with E-state index < -0.39 is 11.8 Å². The van der Waals surface area contributed by atoms with E-state index in [0.29, 0.717) is 106 Å². The number of rotatable bonds is 29. The van der Waals surface area contributed by atoms with Gasteiger partial charge in [0.25, 0.3) is 11.8 Å². The quantitative estimate of drug-likeness (QED) is 0.0970. The van der Waals surface area contributed by atoms with E-state index in [2.05, 4.69) is 12.2 Å². The third-order valence-electron chi connectivity index (χ3n) is 4.98. The van der Waals surface area contributed by atoms with Gasteiger partial charge in [-0.2, -0.15) is 0 Å². The van der Waals surface area contributed by atoms with Crippen LogP contribution in [0, 0.1) is 0 Å². The second-order valence-electron chi connectivity index (χ2n) is 8.16. The molecule has 3 amide bonds. The molecule has 0 aromatic rings. The fourth-order valence-electron chi connectivity index (χ4n) is 3.00. The van der Waals surface area contributed by atoms with Gasteiger partial charge < -0.3 is 43.2 Å². The van der Waals surface area contributed by atoms with Crippen molar-refractivity contribution in [2.24, 2.45) is 0 Å². The van der Waals surface area contributed by atoms with Crippen molar-refractivity contribution in [2.75, 3.05) is 119 Å². The third-order valence-corrected chi connectivity index (χ3v) is 4.98. The van der Waals surface area contributed by atoms with Gasteiger partial charge in [0.15, 0.2) is 0 Å². The van der Waals surface area contributed by atoms with E-state index in [-0.39, 0.29) is 18.9 Å². The number of carbonyl (C=O) groups excluding carboxylic acids is 3. The fourth-order valence-corrected chi connectivity index (χ4v) is 3.00. The average Bonchev–Trinajstić information content (AvgIpc) is 3.26. The molecule has 0 aromatic carbocycles. The summed E-state index contributed by atoms with van der Waals surface area (Å²) >= 11 is 0. The number of hydrogen-bond acceptors (Lipinski definition) is 11. The van der Waals surface area contributed by atoms with Gasteiger partial charge in [-0.15, -0.1) is 0 Å². The monoisotopic (exact) mass is 562 g/mol. The Morgan fingerprint density at radius 1 is 0.590 bits per heavy atom. The van der Waals surface area contributed by atoms with Crippen molar-refractivity contribution in [1.29, 1.82) is 0 Å². The first kappa shape index (κ1) is 35.1. The number of ether oxygens (including phenoxy) is 8. The van der Waals surface area contributed by atoms with Crippen LogP contribution in [-0.4, -0.2) is 141 Å². The van der Waals surface area contributed by atoms with E-state index in [9.17, 15) is 14.4 Å². The molecule has 0 unspecified atom stereocenters. The van der Waals surface area contributed by atoms with E-state index in [0.717, 1.165) is 17.9 Å². The lowest BCUT2D eigenvalue weighted by Gasteiger charge is -2.13. The molecule has 0 aliphatic carbocycles. The van der Waals surface area contributed by atoms with Gasteiger partial charge in [0.1, 0.15) is 0 Å². The summed E-state index contributed by atoms with van der Waals surface area (Å²) in [6, 6.07) is 0. The lowest BCUT2D eigenvalue weighted by Crippen LogP contribution is -2.35. The van der Waals surface area contributed by atoms with E-state index in [1.165, 1.54) is 12.2 Å². The second kappa shape index (κ2) is 26.3. The normalized spacial score (nSPS) is 13.1. The van der Waals surface area contributed by atoms with E-state index in [1.807, 2.05) is 0 Å². The van der Waals surface area contributed by atoms with E-state index in [1.54, 1.807) is 0 Å². The van der Waals surface area contributed by atoms with E-state index >= 15 is 0 Å². The topological polar surface area (TPSA) is 140 Å². The minimum Gasteiger partial charge on any atom is -0.379 e. The highest BCUT2D eigenvalue weighted by Gasteiger charge is 2.23. The maximum absolute atomic E-state index is 11.7. The molecule has 0 bridgehead atoms. The third kappa shape index (κ3) is 21.5. The van der Waals surface area contributed by atoms with E-state index in [4.69, 9.17) is 37.9 Å². The molecule has 39 heavy (non-hydrogen) atoms. The van der Waals surface area contributed by atoms with Gasteiger partial charge in [-0.1, -0.05) is 6.92 Å². The molecular formula is C26H46N2O11. The van der Waals surface area contributed by atoms with Crippen LogP contribution in [0.4, 0.5) is 0 Å². The van der Waals surface area contributed by atoms with Crippen molar-refractivity contribution >= 4 is 17.7 Å². The highest BCUT2D eigenvalue weighted by atomic mass is 16.6. The molecular weight excluding hydrogens is 516 g/mol. The van der Waals surface area contributed by atoms with Gasteiger partial charge in [0, 0.05) is 38.3 Å². The summed E-state index contributed by atoms with van der Waals surface area (Å²) < 4.78 is 43.2. The molecule has 1 heterocycles. The molecule has 1 aliphatic heterocycles. The predicted molar refractivity (Wildman–Crippen MR) is 140 cm³/mol. The lowest BCUT2D eigenvalue weighted by molar-refractivity contribution is -0.137. The summed E-state index contributed by atoms with van der Waals surface area (Å²) in [5, 5.41) is 2.68. The maximum Gasteiger partial charge on any atom is 0.253 e. The zero-order valence-electron chi connectivity index (χ0n) is 23.2. The summed E-state index contributed by atoms with van der Waals surface area (Å²) in [5.41, 5.74) is 0. The first-order chi connectivity index (χ1) is 19.1. The summed E-state index contributed by atoms with van der Waals surface area (Å²) in [6.07, 6.45) is 3.46. The first-order valence-corrected chi connectivity index (χ1v) is 13.6. The number of carbonyl (C=O) groups is 3. The van der Waals surface area contributed by atoms with Crippen molar-refractivity contribution < 1.29 is 52.3 Å². The van der Waals surface area contributed by atoms with Crippen LogP contribution in [0.5, 0.6) is 0 Å². The molecule has 1 rings (SSSR count). The van der Waals surface area contributed by atoms with Crippen LogP contribution in [0.3, 0.4) is 0 Å². The van der Waals surface area contributed by atoms with Gasteiger partial charge in [-0.25, -0.2) is 0 Å². The SMILES string of the molecule is CCCOCCOCCOCCOCCOCCOCCOCCOCCNC(=O)CCN1C(=O)C=CC1=O. The van der Waals surface area contributed by atoms with Crippen LogP contribution in [0.1, 0.15) is 19.8 Å². The van der Waals surface area contributed by atoms with Crippen molar-refractivity contribution in [3.8, 4) is 0 Å². The van der Waals surface area contributed by atoms with Crippen LogP contribution >= 0.6 is 0 Å². The molecule has 0 spiro atoms. The molecule has 0 saturated carbocycles. The fraction of sp³-hybridized carbons (Fsp3) is 0.808. The molecule has 0 saturated heterocycles. The number of nitrogens with one attached hydrogen (secondary N) is 1. The minimum absolute atomic E-state index is 0.0592. The number of nitrogens with zero attached hydrogens (tertiary/aromatic N) is 1. The Labute approximate surface area is 231 Å². The minimum atomic E-state index is -0.393. The van der Waals surface area contributed by atoms with Gasteiger partial charge in [-0.3, -0.25) is 19.3 Å². The Kier molecular flexibility index (Phi) is 23.6. The van der Waals surface area contributed by atoms with Crippen molar-refractivity contribution in [3.63, 3.8) is 0 Å². The van der Waals surface area contributed by atoms with Gasteiger partial charge >= 0.3 is 0 Å². The summed E-state index contributed by atoms with van der Waals surface area (Å²) in [5.74, 6) is -1.03. The number of hydrogen-bond donors (Lipinski definition) is 1. The molecule has 1 aliphatic rings. The lowest BCUT2D eigenvalue weighted by atomic mass is 10.3. The van der Waals surface area contributed by atoms with Crippen LogP contribution < -0.4 is 5.32 Å². The second-order valence-corrected chi connectivity index (χ2v) is 8.16. The summed E-state index contributed by atoms with van der Waals surface area (Å²) in [4.78, 5) is 35.6. The standard InChI is InChI=1S/C26H46N2O11/c1-2-8-32-10-12-34-14-16-36-18-20-38-22-23-39-21-19-37-17-15-35-13-11-33-9-6-27-24(29)5-7-28-25(30)3-4-26(28)31/h3-4H,2,5-23H2,1H3,(H,27,29). The van der Waals surface area contributed by atoms with Crippen LogP contribution in [-0.2, 0) is 52.3 Å². The Hall–Kier alpha value is -1.97.